The molecule has 1 fully saturated rings. The summed E-state index contributed by atoms with van der Waals surface area (Å²) in [5.74, 6) is 1.68. The molecule has 0 unspecified atom stereocenters. The van der Waals surface area contributed by atoms with Crippen LogP contribution >= 0.6 is 0 Å². The third-order valence-electron chi connectivity index (χ3n) is 3.18. The maximum Gasteiger partial charge on any atom is 0.231 e. The number of hydrogen-bond donors (Lipinski definition) is 1. The number of ether oxygens (including phenoxy) is 2. The molecule has 4 heteroatoms. The second-order valence-corrected chi connectivity index (χ2v) is 4.39. The van der Waals surface area contributed by atoms with Crippen LogP contribution in [0.1, 0.15) is 12.8 Å². The van der Waals surface area contributed by atoms with Gasteiger partial charge in [0.25, 0.3) is 0 Å². The molecule has 0 saturated carbocycles. The number of hydrogen-bond acceptors (Lipinski definition) is 4. The van der Waals surface area contributed by atoms with Crippen LogP contribution in [0, 0.1) is 0 Å². The van der Waals surface area contributed by atoms with Gasteiger partial charge in [0.2, 0.25) is 6.79 Å². The van der Waals surface area contributed by atoms with E-state index in [1.807, 2.05) is 12.1 Å². The third kappa shape index (κ3) is 1.69. The average Bonchev–Trinajstić information content (AvgIpc) is 2.75. The lowest BCUT2D eigenvalue weighted by Crippen LogP contribution is -2.42. The van der Waals surface area contributed by atoms with Gasteiger partial charge in [-0.2, -0.15) is 0 Å². The number of fused-ring (bicyclic) bond motifs is 1. The SMILES string of the molecule is N[C@H]1CCCN(c2ccc3c(c2)OCO3)C1. The van der Waals surface area contributed by atoms with Crippen LogP contribution in [0.25, 0.3) is 0 Å². The van der Waals surface area contributed by atoms with Crippen LogP contribution in [-0.2, 0) is 0 Å². The summed E-state index contributed by atoms with van der Waals surface area (Å²) in [6, 6.07) is 6.38. The lowest BCUT2D eigenvalue weighted by Gasteiger charge is -2.32. The summed E-state index contributed by atoms with van der Waals surface area (Å²) < 4.78 is 10.7. The maximum absolute atomic E-state index is 5.98. The van der Waals surface area contributed by atoms with Crippen LogP contribution in [0.5, 0.6) is 11.5 Å². The molecular weight excluding hydrogens is 204 g/mol. The van der Waals surface area contributed by atoms with E-state index < -0.39 is 0 Å². The predicted molar refractivity (Wildman–Crippen MR) is 62.0 cm³/mol. The minimum absolute atomic E-state index is 0.291. The zero-order valence-electron chi connectivity index (χ0n) is 9.19. The number of nitrogens with two attached hydrogens (primary N) is 1. The first kappa shape index (κ1) is 9.78. The van der Waals surface area contributed by atoms with E-state index in [4.69, 9.17) is 15.2 Å². The molecule has 0 amide bonds. The smallest absolute Gasteiger partial charge is 0.231 e. The molecule has 1 aromatic carbocycles. The van der Waals surface area contributed by atoms with Gasteiger partial charge in [-0.05, 0) is 25.0 Å². The van der Waals surface area contributed by atoms with Crippen molar-refractivity contribution in [2.45, 2.75) is 18.9 Å². The van der Waals surface area contributed by atoms with Gasteiger partial charge in [-0.3, -0.25) is 0 Å². The Morgan fingerprint density at radius 3 is 3.00 bits per heavy atom. The first-order valence-electron chi connectivity index (χ1n) is 5.73. The van der Waals surface area contributed by atoms with Crippen molar-refractivity contribution in [1.82, 2.24) is 0 Å². The van der Waals surface area contributed by atoms with Gasteiger partial charge in [0.05, 0.1) is 0 Å². The zero-order valence-corrected chi connectivity index (χ0v) is 9.19. The Balaban J connectivity index is 1.83. The van der Waals surface area contributed by atoms with Crippen molar-refractivity contribution in [1.29, 1.82) is 0 Å². The molecule has 86 valence electrons. The molecular formula is C12H16N2O2. The summed E-state index contributed by atoms with van der Waals surface area (Å²) in [6.45, 7) is 2.34. The fraction of sp³-hybridized carbons (Fsp3) is 0.500. The van der Waals surface area contributed by atoms with Crippen molar-refractivity contribution in [3.05, 3.63) is 18.2 Å². The van der Waals surface area contributed by atoms with Crippen molar-refractivity contribution < 1.29 is 9.47 Å². The van der Waals surface area contributed by atoms with Crippen LogP contribution in [0.2, 0.25) is 0 Å². The fourth-order valence-electron chi connectivity index (χ4n) is 2.33. The van der Waals surface area contributed by atoms with Crippen molar-refractivity contribution in [3.63, 3.8) is 0 Å². The Morgan fingerprint density at radius 1 is 1.25 bits per heavy atom. The zero-order chi connectivity index (χ0) is 11.0. The number of piperidine rings is 1. The lowest BCUT2D eigenvalue weighted by molar-refractivity contribution is 0.174. The Bertz CT molecular complexity index is 395. The molecule has 4 nitrogen and oxygen atoms in total. The van der Waals surface area contributed by atoms with Crippen molar-refractivity contribution in [2.75, 3.05) is 24.8 Å². The Kier molecular flexibility index (Phi) is 2.36. The van der Waals surface area contributed by atoms with E-state index in [0.717, 1.165) is 37.4 Å². The lowest BCUT2D eigenvalue weighted by atomic mass is 10.1. The van der Waals surface area contributed by atoms with Gasteiger partial charge in [-0.15, -0.1) is 0 Å². The summed E-state index contributed by atoms with van der Waals surface area (Å²) in [7, 11) is 0. The van der Waals surface area contributed by atoms with E-state index in [1.165, 1.54) is 5.69 Å². The number of benzene rings is 1. The minimum Gasteiger partial charge on any atom is -0.454 e. The highest BCUT2D eigenvalue weighted by atomic mass is 16.7. The van der Waals surface area contributed by atoms with Crippen LogP contribution in [0.15, 0.2) is 18.2 Å². The average molecular weight is 220 g/mol. The Labute approximate surface area is 94.9 Å². The second-order valence-electron chi connectivity index (χ2n) is 4.39. The Morgan fingerprint density at radius 2 is 2.12 bits per heavy atom. The number of nitrogens with zero attached hydrogens (tertiary/aromatic N) is 1. The molecule has 2 aliphatic rings. The van der Waals surface area contributed by atoms with Gasteiger partial charge < -0.3 is 20.1 Å². The predicted octanol–water partition coefficient (Wildman–Crippen LogP) is 1.34. The van der Waals surface area contributed by atoms with Gasteiger partial charge in [0.15, 0.2) is 11.5 Å². The van der Waals surface area contributed by atoms with E-state index in [2.05, 4.69) is 11.0 Å². The van der Waals surface area contributed by atoms with Crippen LogP contribution < -0.4 is 20.1 Å². The summed E-state index contributed by atoms with van der Waals surface area (Å²) in [5.41, 5.74) is 7.16. The summed E-state index contributed by atoms with van der Waals surface area (Å²) >= 11 is 0. The van der Waals surface area contributed by atoms with Gasteiger partial charge in [0.1, 0.15) is 0 Å². The fourth-order valence-corrected chi connectivity index (χ4v) is 2.33. The van der Waals surface area contributed by atoms with Crippen molar-refractivity contribution >= 4 is 5.69 Å². The molecule has 0 radical (unpaired) electrons. The van der Waals surface area contributed by atoms with Gasteiger partial charge in [-0.25, -0.2) is 0 Å². The standard InChI is InChI=1S/C12H16N2O2/c13-9-2-1-5-14(7-9)10-3-4-11-12(6-10)16-8-15-11/h3-4,6,9H,1-2,5,7-8,13H2/t9-/m0/s1. The molecule has 1 aromatic rings. The molecule has 0 bridgehead atoms. The molecule has 1 saturated heterocycles. The third-order valence-corrected chi connectivity index (χ3v) is 3.18. The molecule has 2 N–H and O–H groups in total. The molecule has 3 rings (SSSR count). The highest BCUT2D eigenvalue weighted by Crippen LogP contribution is 2.35. The summed E-state index contributed by atoms with van der Waals surface area (Å²) in [4.78, 5) is 2.32. The Hall–Kier alpha value is -1.42. The largest absolute Gasteiger partial charge is 0.454 e. The van der Waals surface area contributed by atoms with Gasteiger partial charge in [0, 0.05) is 30.9 Å². The molecule has 16 heavy (non-hydrogen) atoms. The monoisotopic (exact) mass is 220 g/mol. The van der Waals surface area contributed by atoms with E-state index in [1.54, 1.807) is 0 Å². The summed E-state index contributed by atoms with van der Waals surface area (Å²) in [5, 5.41) is 0. The molecule has 2 heterocycles. The molecule has 0 spiro atoms. The van der Waals surface area contributed by atoms with Crippen LogP contribution in [0.4, 0.5) is 5.69 Å². The molecule has 0 aromatic heterocycles. The molecule has 2 aliphatic heterocycles. The first-order chi connectivity index (χ1) is 7.83. The molecule has 0 aliphatic carbocycles. The first-order valence-corrected chi connectivity index (χ1v) is 5.73. The number of anilines is 1. The minimum atomic E-state index is 0.291. The summed E-state index contributed by atoms with van der Waals surface area (Å²) in [6.07, 6.45) is 2.29. The highest BCUT2D eigenvalue weighted by molar-refractivity contribution is 5.57. The van der Waals surface area contributed by atoms with E-state index >= 15 is 0 Å². The van der Waals surface area contributed by atoms with Gasteiger partial charge >= 0.3 is 0 Å². The van der Waals surface area contributed by atoms with Crippen molar-refractivity contribution in [3.8, 4) is 11.5 Å². The maximum atomic E-state index is 5.98. The topological polar surface area (TPSA) is 47.7 Å². The molecule has 1 atom stereocenters. The van der Waals surface area contributed by atoms with Crippen LogP contribution in [0.3, 0.4) is 0 Å². The van der Waals surface area contributed by atoms with Crippen LogP contribution in [-0.4, -0.2) is 25.9 Å². The van der Waals surface area contributed by atoms with Gasteiger partial charge in [-0.1, -0.05) is 0 Å². The number of rotatable bonds is 1. The van der Waals surface area contributed by atoms with E-state index in [0.29, 0.717) is 12.8 Å². The van der Waals surface area contributed by atoms with E-state index in [9.17, 15) is 0 Å². The van der Waals surface area contributed by atoms with Crippen molar-refractivity contribution in [2.24, 2.45) is 5.73 Å². The normalized spacial score (nSPS) is 23.6. The highest BCUT2D eigenvalue weighted by Gasteiger charge is 2.20. The second kappa shape index (κ2) is 3.87. The quantitative estimate of drug-likeness (QED) is 0.776. The van der Waals surface area contributed by atoms with E-state index in [-0.39, 0.29) is 0 Å².